The van der Waals surface area contributed by atoms with Crippen molar-refractivity contribution >= 4 is 50.8 Å². The minimum Gasteiger partial charge on any atom is -0.484 e. The first-order valence-electron chi connectivity index (χ1n) is 8.52. The van der Waals surface area contributed by atoms with Crippen molar-refractivity contribution in [3.05, 3.63) is 40.7 Å². The van der Waals surface area contributed by atoms with E-state index >= 15 is 0 Å². The van der Waals surface area contributed by atoms with Crippen LogP contribution < -0.4 is 15.4 Å². The van der Waals surface area contributed by atoms with E-state index in [4.69, 9.17) is 22.1 Å². The van der Waals surface area contributed by atoms with Crippen LogP contribution in [0.5, 0.6) is 5.75 Å². The Morgan fingerprint density at radius 3 is 2.63 bits per heavy atom. The lowest BCUT2D eigenvalue weighted by Crippen LogP contribution is -2.50. The summed E-state index contributed by atoms with van der Waals surface area (Å²) in [5.74, 6) is 1.70. The topological polar surface area (TPSA) is 84.6 Å². The molecule has 140 valence electrons. The number of amides is 1. The van der Waals surface area contributed by atoms with Gasteiger partial charge in [-0.3, -0.25) is 4.79 Å². The van der Waals surface area contributed by atoms with Gasteiger partial charge in [0.25, 0.3) is 5.91 Å². The number of nitrogens with zero attached hydrogens (tertiary/aromatic N) is 4. The third kappa shape index (κ3) is 3.91. The quantitative estimate of drug-likeness (QED) is 0.720. The summed E-state index contributed by atoms with van der Waals surface area (Å²) in [4.78, 5) is 25.9. The van der Waals surface area contributed by atoms with Crippen molar-refractivity contribution in [2.45, 2.75) is 0 Å². The van der Waals surface area contributed by atoms with Gasteiger partial charge in [0.1, 0.15) is 16.4 Å². The zero-order valence-electron chi connectivity index (χ0n) is 14.5. The van der Waals surface area contributed by atoms with Crippen LogP contribution in [0.25, 0.3) is 10.2 Å². The summed E-state index contributed by atoms with van der Waals surface area (Å²) < 4.78 is 5.55. The first kappa shape index (κ1) is 17.8. The molecule has 4 rings (SSSR count). The molecule has 0 radical (unpaired) electrons. The second-order valence-corrected chi connectivity index (χ2v) is 7.49. The Bertz CT molecular complexity index is 954. The number of rotatable bonds is 4. The molecule has 1 amide bonds. The van der Waals surface area contributed by atoms with Crippen LogP contribution in [0.3, 0.4) is 0 Å². The van der Waals surface area contributed by atoms with Crippen molar-refractivity contribution in [2.75, 3.05) is 43.4 Å². The molecule has 0 bridgehead atoms. The molecule has 1 saturated heterocycles. The van der Waals surface area contributed by atoms with Crippen molar-refractivity contribution in [3.8, 4) is 5.75 Å². The second kappa shape index (κ2) is 7.58. The van der Waals surface area contributed by atoms with Crippen molar-refractivity contribution in [3.63, 3.8) is 0 Å². The van der Waals surface area contributed by atoms with E-state index in [0.717, 1.165) is 16.0 Å². The molecule has 3 aromatic rings. The molecule has 2 N–H and O–H groups in total. The highest BCUT2D eigenvalue weighted by molar-refractivity contribution is 7.16. The minimum absolute atomic E-state index is 0.0108. The third-order valence-corrected chi connectivity index (χ3v) is 5.49. The van der Waals surface area contributed by atoms with Gasteiger partial charge in [-0.05, 0) is 35.7 Å². The van der Waals surface area contributed by atoms with Gasteiger partial charge in [-0.25, -0.2) is 4.98 Å². The van der Waals surface area contributed by atoms with Crippen LogP contribution in [0.4, 0.5) is 11.8 Å². The van der Waals surface area contributed by atoms with E-state index in [-0.39, 0.29) is 18.5 Å². The number of benzene rings is 1. The fraction of sp³-hybridized carbons (Fsp3) is 0.278. The van der Waals surface area contributed by atoms with Gasteiger partial charge in [-0.2, -0.15) is 4.98 Å². The number of aromatic nitrogens is 2. The number of carbonyl (C=O) groups excluding carboxylic acids is 1. The van der Waals surface area contributed by atoms with Gasteiger partial charge in [-0.15, -0.1) is 11.3 Å². The van der Waals surface area contributed by atoms with Gasteiger partial charge in [0.05, 0.1) is 5.39 Å². The third-order valence-electron chi connectivity index (χ3n) is 4.43. The molecular weight excluding hydrogens is 386 g/mol. The van der Waals surface area contributed by atoms with Crippen LogP contribution in [-0.4, -0.2) is 53.6 Å². The first-order chi connectivity index (χ1) is 13.1. The van der Waals surface area contributed by atoms with Crippen molar-refractivity contribution in [1.82, 2.24) is 14.9 Å². The monoisotopic (exact) mass is 403 g/mol. The summed E-state index contributed by atoms with van der Waals surface area (Å²) in [6, 6.07) is 8.97. The Balaban J connectivity index is 1.36. The van der Waals surface area contributed by atoms with Crippen LogP contribution in [-0.2, 0) is 4.79 Å². The molecule has 1 aromatic carbocycles. The summed E-state index contributed by atoms with van der Waals surface area (Å²) >= 11 is 7.39. The van der Waals surface area contributed by atoms with Gasteiger partial charge in [0.15, 0.2) is 6.61 Å². The Kier molecular flexibility index (Phi) is 5.00. The summed E-state index contributed by atoms with van der Waals surface area (Å²) in [5.41, 5.74) is 5.84. The maximum Gasteiger partial charge on any atom is 0.260 e. The number of piperazine rings is 1. The number of fused-ring (bicyclic) bond motifs is 1. The molecule has 0 atom stereocenters. The number of halogens is 1. The van der Waals surface area contributed by atoms with Crippen LogP contribution in [0.15, 0.2) is 35.7 Å². The molecule has 1 aliphatic rings. The molecule has 0 unspecified atom stereocenters. The predicted molar refractivity (Wildman–Crippen MR) is 108 cm³/mol. The number of thiophene rings is 1. The van der Waals surface area contributed by atoms with Crippen LogP contribution in [0.2, 0.25) is 5.02 Å². The summed E-state index contributed by atoms with van der Waals surface area (Å²) in [6.45, 7) is 2.61. The van der Waals surface area contributed by atoms with Crippen LogP contribution in [0.1, 0.15) is 0 Å². The molecular formula is C18H18ClN5O2S. The Labute approximate surface area is 165 Å². The zero-order chi connectivity index (χ0) is 18.8. The van der Waals surface area contributed by atoms with Crippen molar-refractivity contribution in [2.24, 2.45) is 0 Å². The lowest BCUT2D eigenvalue weighted by Gasteiger charge is -2.35. The Hall–Kier alpha value is -2.58. The molecule has 7 nitrogen and oxygen atoms in total. The average Bonchev–Trinajstić information content (AvgIpc) is 3.15. The SMILES string of the molecule is Nc1nc(N2CCN(C(=O)COc3ccc(Cl)cc3)CC2)c2ccsc2n1. The molecule has 27 heavy (non-hydrogen) atoms. The highest BCUT2D eigenvalue weighted by Crippen LogP contribution is 2.29. The van der Waals surface area contributed by atoms with Gasteiger partial charge in [-0.1, -0.05) is 11.6 Å². The number of ether oxygens (including phenoxy) is 1. The van der Waals surface area contributed by atoms with Gasteiger partial charge in [0, 0.05) is 31.2 Å². The molecule has 2 aromatic heterocycles. The average molecular weight is 404 g/mol. The molecule has 0 spiro atoms. The first-order valence-corrected chi connectivity index (χ1v) is 9.78. The number of nitrogen functional groups attached to an aromatic ring is 1. The second-order valence-electron chi connectivity index (χ2n) is 6.16. The Morgan fingerprint density at radius 2 is 1.89 bits per heavy atom. The Morgan fingerprint density at radius 1 is 1.15 bits per heavy atom. The van der Waals surface area contributed by atoms with E-state index < -0.39 is 0 Å². The molecule has 1 aliphatic heterocycles. The fourth-order valence-electron chi connectivity index (χ4n) is 3.03. The van der Waals surface area contributed by atoms with E-state index in [1.807, 2.05) is 16.3 Å². The highest BCUT2D eigenvalue weighted by atomic mass is 35.5. The van der Waals surface area contributed by atoms with E-state index in [0.29, 0.717) is 37.0 Å². The van der Waals surface area contributed by atoms with E-state index in [1.165, 1.54) is 0 Å². The zero-order valence-corrected chi connectivity index (χ0v) is 16.0. The summed E-state index contributed by atoms with van der Waals surface area (Å²) in [6.07, 6.45) is 0. The van der Waals surface area contributed by atoms with Gasteiger partial charge in [0.2, 0.25) is 5.95 Å². The van der Waals surface area contributed by atoms with E-state index in [2.05, 4.69) is 14.9 Å². The maximum atomic E-state index is 12.4. The summed E-state index contributed by atoms with van der Waals surface area (Å²) in [7, 11) is 0. The molecule has 9 heteroatoms. The lowest BCUT2D eigenvalue weighted by molar-refractivity contribution is -0.133. The van der Waals surface area contributed by atoms with Crippen molar-refractivity contribution < 1.29 is 9.53 Å². The number of anilines is 2. The van der Waals surface area contributed by atoms with Crippen LogP contribution in [0, 0.1) is 0 Å². The van der Waals surface area contributed by atoms with E-state index in [9.17, 15) is 4.79 Å². The molecule has 1 fully saturated rings. The van der Waals surface area contributed by atoms with E-state index in [1.54, 1.807) is 35.6 Å². The number of carbonyl (C=O) groups is 1. The van der Waals surface area contributed by atoms with Gasteiger partial charge >= 0.3 is 0 Å². The smallest absolute Gasteiger partial charge is 0.260 e. The maximum absolute atomic E-state index is 12.4. The normalized spacial score (nSPS) is 14.6. The van der Waals surface area contributed by atoms with Crippen LogP contribution >= 0.6 is 22.9 Å². The fourth-order valence-corrected chi connectivity index (χ4v) is 3.92. The predicted octanol–water partition coefficient (Wildman–Crippen LogP) is 2.65. The lowest BCUT2D eigenvalue weighted by atomic mass is 10.2. The number of hydrogen-bond acceptors (Lipinski definition) is 7. The minimum atomic E-state index is -0.0347. The number of nitrogens with two attached hydrogens (primary N) is 1. The van der Waals surface area contributed by atoms with Crippen molar-refractivity contribution in [1.29, 1.82) is 0 Å². The molecule has 3 heterocycles. The van der Waals surface area contributed by atoms with Gasteiger partial charge < -0.3 is 20.3 Å². The molecule has 0 aliphatic carbocycles. The largest absolute Gasteiger partial charge is 0.484 e. The number of hydrogen-bond donors (Lipinski definition) is 1. The molecule has 0 saturated carbocycles. The highest BCUT2D eigenvalue weighted by Gasteiger charge is 2.24. The standard InChI is InChI=1S/C18H18ClN5O2S/c19-12-1-3-13(4-2-12)26-11-15(25)23-6-8-24(9-7-23)16-14-5-10-27-17(14)22-18(20)21-16/h1-5,10H,6-9,11H2,(H2,20,21,22). The summed E-state index contributed by atoms with van der Waals surface area (Å²) in [5, 5.41) is 3.62.